The highest BCUT2D eigenvalue weighted by atomic mass is 32.1. The van der Waals surface area contributed by atoms with Crippen molar-refractivity contribution in [3.63, 3.8) is 0 Å². The number of aromatic nitrogens is 1. The van der Waals surface area contributed by atoms with E-state index in [1.54, 1.807) is 17.6 Å². The van der Waals surface area contributed by atoms with Crippen molar-refractivity contribution in [2.75, 3.05) is 24.6 Å². The maximum atomic E-state index is 14.1. The summed E-state index contributed by atoms with van der Waals surface area (Å²) in [5.74, 6) is 1.20. The molecule has 0 saturated carbocycles. The van der Waals surface area contributed by atoms with Gasteiger partial charge in [-0.2, -0.15) is 0 Å². The summed E-state index contributed by atoms with van der Waals surface area (Å²) in [6, 6.07) is 20.8. The number of benzene rings is 2. The first-order chi connectivity index (χ1) is 19.9. The van der Waals surface area contributed by atoms with Gasteiger partial charge in [-0.05, 0) is 43.9 Å². The predicted molar refractivity (Wildman–Crippen MR) is 164 cm³/mol. The van der Waals surface area contributed by atoms with Crippen molar-refractivity contribution in [2.24, 2.45) is 4.99 Å². The normalized spacial score (nSPS) is 15.2. The second kappa shape index (κ2) is 12.1. The number of esters is 1. The van der Waals surface area contributed by atoms with Crippen LogP contribution in [0.25, 0.3) is 11.8 Å². The van der Waals surface area contributed by atoms with Crippen LogP contribution < -0.4 is 19.8 Å². The third kappa shape index (κ3) is 5.57. The smallest absolute Gasteiger partial charge is 0.338 e. The Kier molecular flexibility index (Phi) is 8.40. The van der Waals surface area contributed by atoms with Gasteiger partial charge in [-0.3, -0.25) is 9.36 Å². The molecule has 0 N–H and O–H groups in total. The number of furan rings is 1. The lowest BCUT2D eigenvalue weighted by atomic mass is 9.91. The van der Waals surface area contributed by atoms with Crippen molar-refractivity contribution in [3.05, 3.63) is 114 Å². The van der Waals surface area contributed by atoms with Crippen LogP contribution in [0.2, 0.25) is 0 Å². The molecule has 2 aromatic heterocycles. The molecule has 0 amide bonds. The van der Waals surface area contributed by atoms with E-state index in [0.29, 0.717) is 32.3 Å². The van der Waals surface area contributed by atoms with Crippen LogP contribution in [0, 0.1) is 0 Å². The van der Waals surface area contributed by atoms with E-state index in [2.05, 4.69) is 44.7 Å². The Bertz CT molecular complexity index is 1740. The van der Waals surface area contributed by atoms with Gasteiger partial charge in [0.2, 0.25) is 0 Å². The highest BCUT2D eigenvalue weighted by Gasteiger charge is 2.35. The van der Waals surface area contributed by atoms with Crippen molar-refractivity contribution < 1.29 is 13.9 Å². The van der Waals surface area contributed by atoms with E-state index in [1.165, 1.54) is 16.9 Å². The molecule has 0 spiro atoms. The van der Waals surface area contributed by atoms with Gasteiger partial charge >= 0.3 is 5.97 Å². The number of thiazole rings is 1. The van der Waals surface area contributed by atoms with Crippen LogP contribution in [0.3, 0.4) is 0 Å². The zero-order valence-electron chi connectivity index (χ0n) is 24.1. The molecular weight excluding hydrogens is 534 g/mol. The van der Waals surface area contributed by atoms with Crippen molar-refractivity contribution in [3.8, 4) is 0 Å². The molecule has 1 aliphatic heterocycles. The van der Waals surface area contributed by atoms with Crippen LogP contribution >= 0.6 is 11.3 Å². The number of hydrogen-bond donors (Lipinski definition) is 0. The fourth-order valence-corrected chi connectivity index (χ4v) is 6.05. The first-order valence-corrected chi connectivity index (χ1v) is 14.9. The molecule has 4 aromatic rings. The number of fused-ring (bicyclic) bond motifs is 1. The van der Waals surface area contributed by atoms with E-state index in [0.717, 1.165) is 30.1 Å². The van der Waals surface area contributed by atoms with Gasteiger partial charge in [-0.1, -0.05) is 79.8 Å². The number of hydrogen-bond acceptors (Lipinski definition) is 7. The van der Waals surface area contributed by atoms with Crippen LogP contribution in [0.1, 0.15) is 69.0 Å². The number of ether oxygens (including phenoxy) is 1. The van der Waals surface area contributed by atoms with Gasteiger partial charge in [0.25, 0.3) is 5.56 Å². The number of nitrogens with zero attached hydrogens (tertiary/aromatic N) is 3. The molecular formula is C33H35N3O4S. The Hall–Kier alpha value is -4.17. The molecule has 0 fully saturated rings. The minimum Gasteiger partial charge on any atom is -0.463 e. The molecule has 41 heavy (non-hydrogen) atoms. The van der Waals surface area contributed by atoms with Gasteiger partial charge in [0.15, 0.2) is 10.7 Å². The number of rotatable bonds is 9. The second-order valence-corrected chi connectivity index (χ2v) is 11.1. The zero-order valence-corrected chi connectivity index (χ0v) is 24.9. The second-order valence-electron chi connectivity index (χ2n) is 10.1. The molecule has 3 heterocycles. The fraction of sp³-hybridized carbons (Fsp3) is 0.303. The Morgan fingerprint density at radius 3 is 2.39 bits per heavy atom. The maximum absolute atomic E-state index is 14.1. The van der Waals surface area contributed by atoms with E-state index in [-0.39, 0.29) is 12.2 Å². The number of carbonyl (C=O) groups excluding carboxylic acids is 1. The molecule has 0 unspecified atom stereocenters. The van der Waals surface area contributed by atoms with Gasteiger partial charge < -0.3 is 14.1 Å². The largest absolute Gasteiger partial charge is 0.463 e. The summed E-state index contributed by atoms with van der Waals surface area (Å²) < 4.78 is 13.7. The van der Waals surface area contributed by atoms with Crippen LogP contribution in [0.5, 0.6) is 0 Å². The average Bonchev–Trinajstić information content (AvgIpc) is 3.57. The first kappa shape index (κ1) is 28.4. The molecule has 8 heteroatoms. The fourth-order valence-electron chi connectivity index (χ4n) is 5.07. The van der Waals surface area contributed by atoms with Gasteiger partial charge in [0, 0.05) is 30.8 Å². The van der Waals surface area contributed by atoms with E-state index in [4.69, 9.17) is 14.1 Å². The quantitative estimate of drug-likeness (QED) is 0.249. The number of carbonyl (C=O) groups is 1. The van der Waals surface area contributed by atoms with E-state index in [1.807, 2.05) is 54.6 Å². The molecule has 0 aliphatic carbocycles. The lowest BCUT2D eigenvalue weighted by Crippen LogP contribution is -2.40. The van der Waals surface area contributed by atoms with Gasteiger partial charge in [-0.25, -0.2) is 9.79 Å². The summed E-state index contributed by atoms with van der Waals surface area (Å²) in [6.07, 6.45) is 1.76. The van der Waals surface area contributed by atoms with E-state index in [9.17, 15) is 9.59 Å². The summed E-state index contributed by atoms with van der Waals surface area (Å²) in [4.78, 5) is 35.2. The minimum absolute atomic E-state index is 0.210. The van der Waals surface area contributed by atoms with Crippen LogP contribution in [0.15, 0.2) is 86.5 Å². The molecule has 7 nitrogen and oxygen atoms in total. The third-order valence-electron chi connectivity index (χ3n) is 7.25. The SMILES string of the molecule is CCOC(=O)C1=C(c2ccccc2)N=c2s/c(=C\c3ccc(N(CC)CC)o3)c(=O)n2[C@@H]1c1ccc(C(C)C)cc1. The summed E-state index contributed by atoms with van der Waals surface area (Å²) >= 11 is 1.29. The lowest BCUT2D eigenvalue weighted by Gasteiger charge is -2.26. The first-order valence-electron chi connectivity index (χ1n) is 14.1. The molecule has 2 aromatic carbocycles. The molecule has 0 bridgehead atoms. The third-order valence-corrected chi connectivity index (χ3v) is 8.24. The Morgan fingerprint density at radius 1 is 1.05 bits per heavy atom. The Balaban J connectivity index is 1.75. The van der Waals surface area contributed by atoms with Crippen molar-refractivity contribution in [1.29, 1.82) is 0 Å². The number of anilines is 1. The lowest BCUT2D eigenvalue weighted by molar-refractivity contribution is -0.138. The van der Waals surface area contributed by atoms with Crippen molar-refractivity contribution >= 4 is 35.0 Å². The minimum atomic E-state index is -0.702. The summed E-state index contributed by atoms with van der Waals surface area (Å²) in [5.41, 5.74) is 3.39. The van der Waals surface area contributed by atoms with Crippen LogP contribution in [-0.2, 0) is 9.53 Å². The van der Waals surface area contributed by atoms with Gasteiger partial charge in [0.1, 0.15) is 5.76 Å². The van der Waals surface area contributed by atoms with E-state index < -0.39 is 12.0 Å². The zero-order chi connectivity index (χ0) is 29.1. The standard InChI is InChI=1S/C33H35N3O4S/c1-6-35(7-2)27-19-18-25(40-27)20-26-31(37)36-30(24-16-14-22(15-17-24)21(4)5)28(32(38)39-8-3)29(34-33(36)41-26)23-12-10-9-11-13-23/h9-21,30H,6-8H2,1-5H3/b26-20-/t30-/m1/s1. The van der Waals surface area contributed by atoms with Gasteiger partial charge in [0.05, 0.1) is 28.5 Å². The van der Waals surface area contributed by atoms with Crippen molar-refractivity contribution in [2.45, 2.75) is 46.6 Å². The molecule has 1 aliphatic rings. The molecule has 0 saturated heterocycles. The van der Waals surface area contributed by atoms with Gasteiger partial charge in [-0.15, -0.1) is 0 Å². The Labute approximate surface area is 243 Å². The summed E-state index contributed by atoms with van der Waals surface area (Å²) in [6.45, 7) is 12.0. The van der Waals surface area contributed by atoms with Crippen LogP contribution in [0.4, 0.5) is 5.88 Å². The Morgan fingerprint density at radius 2 is 1.76 bits per heavy atom. The van der Waals surface area contributed by atoms with E-state index >= 15 is 0 Å². The molecule has 212 valence electrons. The predicted octanol–water partition coefficient (Wildman–Crippen LogP) is 5.50. The average molecular weight is 570 g/mol. The monoisotopic (exact) mass is 569 g/mol. The highest BCUT2D eigenvalue weighted by Crippen LogP contribution is 2.35. The maximum Gasteiger partial charge on any atom is 0.338 e. The van der Waals surface area contributed by atoms with Crippen molar-refractivity contribution in [1.82, 2.24) is 4.57 Å². The summed E-state index contributed by atoms with van der Waals surface area (Å²) in [7, 11) is 0. The highest BCUT2D eigenvalue weighted by molar-refractivity contribution is 7.07. The summed E-state index contributed by atoms with van der Waals surface area (Å²) in [5, 5.41) is 0. The molecule has 5 rings (SSSR count). The topological polar surface area (TPSA) is 77.0 Å². The molecule has 0 radical (unpaired) electrons. The molecule has 1 atom stereocenters. The van der Waals surface area contributed by atoms with Crippen LogP contribution in [-0.4, -0.2) is 30.2 Å².